The smallest absolute Gasteiger partial charge is 0.225 e. The van der Waals surface area contributed by atoms with Crippen LogP contribution >= 0.6 is 11.3 Å². The van der Waals surface area contributed by atoms with Crippen LogP contribution in [-0.2, 0) is 14.6 Å². The summed E-state index contributed by atoms with van der Waals surface area (Å²) in [5, 5.41) is 4.38. The van der Waals surface area contributed by atoms with E-state index in [0.29, 0.717) is 22.9 Å². The maximum Gasteiger partial charge on any atom is 0.225 e. The largest absolute Gasteiger partial charge is 0.497 e. The number of rotatable bonds is 7. The van der Waals surface area contributed by atoms with Gasteiger partial charge in [-0.05, 0) is 55.8 Å². The molecule has 9 heteroatoms. The number of nitrogens with one attached hydrogen (secondary N) is 1. The Kier molecular flexibility index (Phi) is 6.36. The lowest BCUT2D eigenvalue weighted by Gasteiger charge is -2.24. The van der Waals surface area contributed by atoms with Crippen molar-refractivity contribution in [3.63, 3.8) is 0 Å². The number of hydrogen-bond acceptors (Lipinski definition) is 7. The van der Waals surface area contributed by atoms with Crippen LogP contribution in [0.4, 0.5) is 5.69 Å². The fourth-order valence-corrected chi connectivity index (χ4v) is 6.71. The number of anilines is 1. The van der Waals surface area contributed by atoms with E-state index < -0.39 is 9.84 Å². The normalized spacial score (nSPS) is 15.7. The summed E-state index contributed by atoms with van der Waals surface area (Å²) in [6, 6.07) is 11.8. The second kappa shape index (κ2) is 9.07. The molecule has 7 nitrogen and oxygen atoms in total. The molecule has 0 unspecified atom stereocenters. The molecule has 3 aromatic rings. The summed E-state index contributed by atoms with van der Waals surface area (Å²) in [4.78, 5) is 13.6. The van der Waals surface area contributed by atoms with Gasteiger partial charge in [-0.25, -0.2) is 8.42 Å². The first kappa shape index (κ1) is 23.1. The number of carbonyl (C=O) groups is 1. The molecule has 174 valence electrons. The Morgan fingerprint density at radius 3 is 2.39 bits per heavy atom. The van der Waals surface area contributed by atoms with Crippen LogP contribution in [0.3, 0.4) is 0 Å². The van der Waals surface area contributed by atoms with Crippen molar-refractivity contribution in [1.29, 1.82) is 0 Å². The number of thiophene rings is 1. The van der Waals surface area contributed by atoms with E-state index in [1.54, 1.807) is 24.6 Å². The van der Waals surface area contributed by atoms with Crippen LogP contribution in [0, 0.1) is 0 Å². The molecule has 4 rings (SSSR count). The molecule has 0 spiro atoms. The number of ether oxygens (including phenoxy) is 3. The molecule has 0 aliphatic carbocycles. The summed E-state index contributed by atoms with van der Waals surface area (Å²) in [5.74, 6) is 1.22. The minimum absolute atomic E-state index is 0.0140. The van der Waals surface area contributed by atoms with E-state index in [1.165, 1.54) is 30.6 Å². The number of amides is 1. The lowest BCUT2D eigenvalue weighted by atomic mass is 9.90. The number of fused-ring (bicyclic) bond motifs is 1. The Balaban J connectivity index is 1.75. The molecule has 1 aromatic heterocycles. The summed E-state index contributed by atoms with van der Waals surface area (Å²) in [7, 11) is -0.744. The van der Waals surface area contributed by atoms with Gasteiger partial charge in [0.15, 0.2) is 11.5 Å². The summed E-state index contributed by atoms with van der Waals surface area (Å²) < 4.78 is 43.1. The van der Waals surface area contributed by atoms with Gasteiger partial charge in [0.2, 0.25) is 15.7 Å². The van der Waals surface area contributed by atoms with Gasteiger partial charge < -0.3 is 19.5 Å². The maximum absolute atomic E-state index is 13.3. The topological polar surface area (TPSA) is 90.9 Å². The van der Waals surface area contributed by atoms with Crippen LogP contribution in [-0.4, -0.2) is 34.6 Å². The molecule has 2 aromatic carbocycles. The quantitative estimate of drug-likeness (QED) is 0.512. The monoisotopic (exact) mass is 487 g/mol. The molecule has 0 radical (unpaired) electrons. The molecular formula is C24H25NO6S2. The van der Waals surface area contributed by atoms with E-state index >= 15 is 0 Å². The highest BCUT2D eigenvalue weighted by Gasteiger charge is 2.34. The minimum atomic E-state index is -3.83. The van der Waals surface area contributed by atoms with Crippen molar-refractivity contribution in [2.24, 2.45) is 0 Å². The molecular weight excluding hydrogens is 462 g/mol. The molecule has 2 heterocycles. The van der Waals surface area contributed by atoms with Gasteiger partial charge in [-0.15, -0.1) is 11.3 Å². The number of methoxy groups -OCH3 is 2. The molecule has 1 aliphatic rings. The fourth-order valence-electron chi connectivity index (χ4n) is 3.81. The van der Waals surface area contributed by atoms with Crippen molar-refractivity contribution >= 4 is 32.8 Å². The average Bonchev–Trinajstić information content (AvgIpc) is 3.23. The summed E-state index contributed by atoms with van der Waals surface area (Å²) in [6.07, 6.45) is 0.197. The highest BCUT2D eigenvalue weighted by atomic mass is 32.2. The zero-order valence-corrected chi connectivity index (χ0v) is 20.4. The lowest BCUT2D eigenvalue weighted by molar-refractivity contribution is -0.116. The van der Waals surface area contributed by atoms with Gasteiger partial charge in [0, 0.05) is 22.6 Å². The molecule has 1 amide bonds. The average molecular weight is 488 g/mol. The van der Waals surface area contributed by atoms with Gasteiger partial charge >= 0.3 is 0 Å². The van der Waals surface area contributed by atoms with Crippen LogP contribution in [0.15, 0.2) is 57.6 Å². The van der Waals surface area contributed by atoms with Gasteiger partial charge in [-0.3, -0.25) is 4.79 Å². The number of carbonyl (C=O) groups excluding carboxylic acids is 1. The van der Waals surface area contributed by atoms with E-state index in [4.69, 9.17) is 14.2 Å². The van der Waals surface area contributed by atoms with Crippen LogP contribution in [0.5, 0.6) is 17.2 Å². The van der Waals surface area contributed by atoms with E-state index in [2.05, 4.69) is 5.32 Å². The van der Waals surface area contributed by atoms with E-state index in [0.717, 1.165) is 10.4 Å². The zero-order chi connectivity index (χ0) is 23.8. The van der Waals surface area contributed by atoms with Crippen LogP contribution < -0.4 is 19.5 Å². The molecule has 1 atom stereocenters. The highest BCUT2D eigenvalue weighted by Crippen LogP contribution is 2.47. The van der Waals surface area contributed by atoms with Gasteiger partial charge in [-0.1, -0.05) is 6.07 Å². The minimum Gasteiger partial charge on any atom is -0.497 e. The number of sulfone groups is 1. The maximum atomic E-state index is 13.3. The van der Waals surface area contributed by atoms with Crippen molar-refractivity contribution in [2.75, 3.05) is 19.5 Å². The third-order valence-electron chi connectivity index (χ3n) is 5.37. The molecule has 1 N–H and O–H groups in total. The number of benzene rings is 2. The molecule has 33 heavy (non-hydrogen) atoms. The highest BCUT2D eigenvalue weighted by molar-refractivity contribution is 7.91. The zero-order valence-electron chi connectivity index (χ0n) is 18.7. The first-order valence-corrected chi connectivity index (χ1v) is 12.8. The van der Waals surface area contributed by atoms with Gasteiger partial charge in [0.1, 0.15) is 10.6 Å². The van der Waals surface area contributed by atoms with E-state index in [-0.39, 0.29) is 34.1 Å². The van der Waals surface area contributed by atoms with Gasteiger partial charge in [0.05, 0.1) is 30.9 Å². The fraction of sp³-hybridized carbons (Fsp3) is 0.292. The first-order chi connectivity index (χ1) is 15.7. The second-order valence-corrected chi connectivity index (χ2v) is 10.7. The Morgan fingerprint density at radius 2 is 1.76 bits per heavy atom. The predicted octanol–water partition coefficient (Wildman–Crippen LogP) is 4.86. The summed E-state index contributed by atoms with van der Waals surface area (Å²) in [5.41, 5.74) is 1.20. The second-order valence-electron chi connectivity index (χ2n) is 7.90. The number of hydrogen-bond donors (Lipinski definition) is 1. The summed E-state index contributed by atoms with van der Waals surface area (Å²) in [6.45, 7) is 3.86. The third kappa shape index (κ3) is 4.43. The Morgan fingerprint density at radius 1 is 1.03 bits per heavy atom. The van der Waals surface area contributed by atoms with Crippen LogP contribution in [0.25, 0.3) is 0 Å². The molecule has 1 aliphatic heterocycles. The first-order valence-electron chi connectivity index (χ1n) is 10.4. The van der Waals surface area contributed by atoms with Crippen molar-refractivity contribution in [3.05, 3.63) is 58.3 Å². The summed E-state index contributed by atoms with van der Waals surface area (Å²) >= 11 is 1.32. The van der Waals surface area contributed by atoms with Crippen molar-refractivity contribution in [3.8, 4) is 17.2 Å². The lowest BCUT2D eigenvalue weighted by Crippen LogP contribution is -2.23. The Hall–Kier alpha value is -3.04. The van der Waals surface area contributed by atoms with E-state index in [9.17, 15) is 13.2 Å². The molecule has 0 saturated heterocycles. The van der Waals surface area contributed by atoms with Crippen molar-refractivity contribution in [2.45, 2.75) is 42.1 Å². The third-order valence-corrected chi connectivity index (χ3v) is 8.41. The molecule has 0 bridgehead atoms. The standard InChI is InChI=1S/C24H25NO6S2/c1-14(2)31-19-10-5-15(11-20(19)30-4)18-12-22(26)25-23-21(13-32-24(18)23)33(27,28)17-8-6-16(29-3)7-9-17/h5-11,13-14,18H,12H2,1-4H3,(H,25,26)/t18-/m1/s1. The van der Waals surface area contributed by atoms with E-state index in [1.807, 2.05) is 32.0 Å². The predicted molar refractivity (Wildman–Crippen MR) is 127 cm³/mol. The Bertz CT molecular complexity index is 1280. The van der Waals surface area contributed by atoms with Crippen molar-refractivity contribution < 1.29 is 27.4 Å². The van der Waals surface area contributed by atoms with Gasteiger partial charge in [-0.2, -0.15) is 0 Å². The van der Waals surface area contributed by atoms with Crippen LogP contribution in [0.2, 0.25) is 0 Å². The molecule has 0 saturated carbocycles. The van der Waals surface area contributed by atoms with Gasteiger partial charge in [0.25, 0.3) is 0 Å². The Labute approximate surface area is 197 Å². The SMILES string of the molecule is COc1ccc(S(=O)(=O)c2csc3c2NC(=O)C[C@@H]3c2ccc(OC(C)C)c(OC)c2)cc1. The van der Waals surface area contributed by atoms with Crippen LogP contribution in [0.1, 0.15) is 36.6 Å². The molecule has 0 fully saturated rings. The van der Waals surface area contributed by atoms with Crippen molar-refractivity contribution in [1.82, 2.24) is 0 Å².